The number of allylic oxidation sites excluding steroid dienone is 1. The van der Waals surface area contributed by atoms with E-state index in [4.69, 9.17) is 5.41 Å². The molecule has 1 unspecified atom stereocenters. The van der Waals surface area contributed by atoms with Crippen molar-refractivity contribution in [3.63, 3.8) is 0 Å². The first-order valence-electron chi connectivity index (χ1n) is 13.0. The molecule has 0 radical (unpaired) electrons. The molecule has 1 atom stereocenters. The van der Waals surface area contributed by atoms with Crippen molar-refractivity contribution >= 4 is 23.1 Å². The Bertz CT molecular complexity index is 1100. The van der Waals surface area contributed by atoms with Gasteiger partial charge in [0.1, 0.15) is 0 Å². The van der Waals surface area contributed by atoms with Gasteiger partial charge < -0.3 is 21.0 Å². The number of H-pyrrole nitrogens is 1. The van der Waals surface area contributed by atoms with Crippen LogP contribution in [0.4, 0.5) is 14.7 Å². The van der Waals surface area contributed by atoms with Gasteiger partial charge in [0.15, 0.2) is 0 Å². The molecular weight excluding hydrogens is 474 g/mol. The van der Waals surface area contributed by atoms with Gasteiger partial charge in [-0.05, 0) is 64.9 Å². The largest absolute Gasteiger partial charge is 0.389 e. The highest BCUT2D eigenvalue weighted by Gasteiger charge is 2.38. The van der Waals surface area contributed by atoms with Gasteiger partial charge in [0.2, 0.25) is 11.9 Å². The first kappa shape index (κ1) is 28.3. The molecular formula is C27H40F2N8. The van der Waals surface area contributed by atoms with Crippen LogP contribution < -0.4 is 10.6 Å². The highest BCUT2D eigenvalue weighted by Crippen LogP contribution is 2.42. The lowest BCUT2D eigenvalue weighted by atomic mass is 9.81. The number of rotatable bonds is 8. The summed E-state index contributed by atoms with van der Waals surface area (Å²) in [5.74, 6) is -2.20. The van der Waals surface area contributed by atoms with Crippen LogP contribution in [0.3, 0.4) is 0 Å². The van der Waals surface area contributed by atoms with Gasteiger partial charge in [-0.15, -0.1) is 0 Å². The zero-order chi connectivity index (χ0) is 27.0. The Kier molecular flexibility index (Phi) is 9.77. The maximum Gasteiger partial charge on any atom is 0.248 e. The van der Waals surface area contributed by atoms with Gasteiger partial charge in [0.05, 0.1) is 35.0 Å². The van der Waals surface area contributed by atoms with Crippen LogP contribution >= 0.6 is 0 Å². The number of aliphatic imine (C=N–C) groups is 1. The van der Waals surface area contributed by atoms with Gasteiger partial charge in [0, 0.05) is 43.5 Å². The molecule has 4 rings (SSSR count). The molecule has 2 aromatic heterocycles. The Labute approximate surface area is 218 Å². The molecule has 2 fully saturated rings. The second kappa shape index (κ2) is 12.8. The molecule has 0 amide bonds. The van der Waals surface area contributed by atoms with Crippen LogP contribution in [0.15, 0.2) is 42.3 Å². The lowest BCUT2D eigenvalue weighted by Gasteiger charge is -2.34. The van der Waals surface area contributed by atoms with Crippen LogP contribution in [0, 0.1) is 11.3 Å². The molecule has 0 bridgehead atoms. The summed E-state index contributed by atoms with van der Waals surface area (Å²) in [7, 11) is 0. The number of alkyl halides is 2. The molecule has 202 valence electrons. The Hall–Kier alpha value is -3.30. The molecule has 2 aliphatic rings. The van der Waals surface area contributed by atoms with Crippen molar-refractivity contribution in [2.45, 2.75) is 84.2 Å². The van der Waals surface area contributed by atoms with E-state index in [1.807, 2.05) is 17.7 Å². The minimum atomic E-state index is -2.60. The molecule has 3 heterocycles. The van der Waals surface area contributed by atoms with E-state index in [0.717, 1.165) is 17.9 Å². The average Bonchev–Trinajstić information content (AvgIpc) is 3.53. The fourth-order valence-corrected chi connectivity index (χ4v) is 4.55. The number of nitrogens with zero attached hydrogens (tertiary/aromatic N) is 4. The third-order valence-corrected chi connectivity index (χ3v) is 6.90. The second-order valence-corrected chi connectivity index (χ2v) is 9.80. The van der Waals surface area contributed by atoms with E-state index in [0.29, 0.717) is 42.5 Å². The van der Waals surface area contributed by atoms with E-state index in [1.165, 1.54) is 25.0 Å². The maximum absolute atomic E-state index is 13.7. The summed E-state index contributed by atoms with van der Waals surface area (Å²) in [6.45, 7) is 15.2. The summed E-state index contributed by atoms with van der Waals surface area (Å²) in [4.78, 5) is 11.8. The number of imidazole rings is 1. The number of hydrogen-bond donors (Lipinski definition) is 4. The van der Waals surface area contributed by atoms with Crippen LogP contribution in [-0.2, 0) is 6.54 Å². The lowest BCUT2D eigenvalue weighted by Crippen LogP contribution is -2.34. The van der Waals surface area contributed by atoms with Crippen molar-refractivity contribution in [3.8, 4) is 0 Å². The van der Waals surface area contributed by atoms with Crippen molar-refractivity contribution in [2.75, 3.05) is 6.54 Å². The van der Waals surface area contributed by atoms with Crippen LogP contribution in [0.5, 0.6) is 0 Å². The van der Waals surface area contributed by atoms with E-state index < -0.39 is 5.92 Å². The Morgan fingerprint density at radius 1 is 1.32 bits per heavy atom. The number of aryl methyl sites for hydroxylation is 1. The molecule has 0 aromatic carbocycles. The van der Waals surface area contributed by atoms with Crippen molar-refractivity contribution in [1.82, 2.24) is 30.4 Å². The minimum absolute atomic E-state index is 0.00206. The Morgan fingerprint density at radius 3 is 2.62 bits per heavy atom. The summed E-state index contributed by atoms with van der Waals surface area (Å²) < 4.78 is 29.3. The first-order valence-corrected chi connectivity index (χ1v) is 13.0. The fourth-order valence-electron chi connectivity index (χ4n) is 4.55. The molecule has 2 aromatic rings. The molecule has 1 saturated carbocycles. The standard InChI is InChI=1S/C21H29F2N7.C6H11N/c1-5-30-18(8-11-26-30)15(4)27-19(16-6-9-21(22,23)10-7-16)17-12-25-20(29-17)28-14(3)13(2)24;1-6-4-2-3-5-7-6/h8,11-12,16,19,24,27H,4-7,9-10H2,1-3H3,(H,25,29);7H,1-5H2/b24-13?,28-14-;. The third kappa shape index (κ3) is 8.10. The van der Waals surface area contributed by atoms with Gasteiger partial charge in [-0.25, -0.2) is 18.8 Å². The SMILES string of the molecule is C=C(NC(c1cnc(/N=C(/C)C(C)=N)[nH]1)C1CCC(F)(F)CC1)c1ccnn1CC.C=C1CCCCN1. The highest BCUT2D eigenvalue weighted by molar-refractivity contribution is 6.39. The zero-order valence-corrected chi connectivity index (χ0v) is 22.2. The molecule has 4 N–H and O–H groups in total. The summed E-state index contributed by atoms with van der Waals surface area (Å²) in [6.07, 6.45) is 7.78. The lowest BCUT2D eigenvalue weighted by molar-refractivity contribution is -0.0493. The smallest absolute Gasteiger partial charge is 0.248 e. The number of nitrogens with one attached hydrogen (secondary N) is 4. The topological polar surface area (TPSA) is 107 Å². The quantitative estimate of drug-likeness (QED) is 0.317. The van der Waals surface area contributed by atoms with E-state index in [1.54, 1.807) is 26.2 Å². The predicted molar refractivity (Wildman–Crippen MR) is 145 cm³/mol. The summed E-state index contributed by atoms with van der Waals surface area (Å²) in [6, 6.07) is 1.62. The van der Waals surface area contributed by atoms with E-state index in [2.05, 4.69) is 43.9 Å². The van der Waals surface area contributed by atoms with E-state index in [-0.39, 0.29) is 24.8 Å². The molecule has 1 aliphatic carbocycles. The molecule has 1 aliphatic heterocycles. The second-order valence-electron chi connectivity index (χ2n) is 9.80. The monoisotopic (exact) mass is 514 g/mol. The number of piperidine rings is 1. The fraction of sp³-hybridized carbons (Fsp3) is 0.556. The number of aromatic nitrogens is 4. The number of aromatic amines is 1. The van der Waals surface area contributed by atoms with Crippen LogP contribution in [0.2, 0.25) is 0 Å². The third-order valence-electron chi connectivity index (χ3n) is 6.90. The van der Waals surface area contributed by atoms with Crippen LogP contribution in [0.1, 0.15) is 83.1 Å². The van der Waals surface area contributed by atoms with Crippen molar-refractivity contribution < 1.29 is 8.78 Å². The zero-order valence-electron chi connectivity index (χ0n) is 22.2. The minimum Gasteiger partial charge on any atom is -0.389 e. The Morgan fingerprint density at radius 2 is 2.05 bits per heavy atom. The van der Waals surface area contributed by atoms with Crippen LogP contribution in [0.25, 0.3) is 5.70 Å². The Balaban J connectivity index is 0.000000468. The van der Waals surface area contributed by atoms with E-state index in [9.17, 15) is 8.78 Å². The average molecular weight is 515 g/mol. The predicted octanol–water partition coefficient (Wildman–Crippen LogP) is 6.16. The molecule has 37 heavy (non-hydrogen) atoms. The number of halogens is 2. The maximum atomic E-state index is 13.7. The summed E-state index contributed by atoms with van der Waals surface area (Å²) in [5, 5.41) is 18.6. The van der Waals surface area contributed by atoms with Gasteiger partial charge in [-0.1, -0.05) is 13.2 Å². The van der Waals surface area contributed by atoms with Gasteiger partial charge >= 0.3 is 0 Å². The van der Waals surface area contributed by atoms with Crippen LogP contribution in [-0.4, -0.2) is 43.6 Å². The van der Waals surface area contributed by atoms with Gasteiger partial charge in [-0.3, -0.25) is 4.68 Å². The first-order chi connectivity index (χ1) is 17.6. The van der Waals surface area contributed by atoms with Crippen molar-refractivity contribution in [2.24, 2.45) is 10.9 Å². The number of hydrogen-bond acceptors (Lipinski definition) is 6. The summed E-state index contributed by atoms with van der Waals surface area (Å²) in [5.41, 5.74) is 4.45. The van der Waals surface area contributed by atoms with Crippen molar-refractivity contribution in [3.05, 3.63) is 48.7 Å². The molecule has 1 saturated heterocycles. The highest BCUT2D eigenvalue weighted by atomic mass is 19.3. The molecule has 0 spiro atoms. The van der Waals surface area contributed by atoms with Gasteiger partial charge in [0.25, 0.3) is 0 Å². The normalized spacial score (nSPS) is 18.8. The van der Waals surface area contributed by atoms with E-state index >= 15 is 0 Å². The molecule has 10 heteroatoms. The molecule has 8 nitrogen and oxygen atoms in total. The summed E-state index contributed by atoms with van der Waals surface area (Å²) >= 11 is 0. The van der Waals surface area contributed by atoms with Crippen molar-refractivity contribution in [1.29, 1.82) is 5.41 Å². The van der Waals surface area contributed by atoms with Gasteiger partial charge in [-0.2, -0.15) is 5.10 Å².